The van der Waals surface area contributed by atoms with E-state index in [9.17, 15) is 14.4 Å². The summed E-state index contributed by atoms with van der Waals surface area (Å²) >= 11 is 3.37. The smallest absolute Gasteiger partial charge is 0.328 e. The number of esters is 1. The average Bonchev–Trinajstić information content (AvgIpc) is 2.43. The van der Waals surface area contributed by atoms with Crippen molar-refractivity contribution in [2.45, 2.75) is 18.9 Å². The molecule has 20 heavy (non-hydrogen) atoms. The monoisotopic (exact) mass is 338 g/mol. The van der Waals surface area contributed by atoms with Gasteiger partial charge in [0.15, 0.2) is 0 Å². The van der Waals surface area contributed by atoms with Crippen LogP contribution in [0.15, 0.2) is 26.2 Å². The van der Waals surface area contributed by atoms with Crippen molar-refractivity contribution in [2.24, 2.45) is 0 Å². The van der Waals surface area contributed by atoms with E-state index in [0.717, 1.165) is 10.0 Å². The molecule has 0 spiro atoms. The molecular weight excluding hydrogens is 328 g/mol. The number of halogens is 1. The summed E-state index contributed by atoms with van der Waals surface area (Å²) in [6.45, 7) is 0. The minimum absolute atomic E-state index is 0.439. The molecule has 3 rings (SSSR count). The van der Waals surface area contributed by atoms with E-state index < -0.39 is 23.1 Å². The highest BCUT2D eigenvalue weighted by Crippen LogP contribution is 2.31. The van der Waals surface area contributed by atoms with Crippen molar-refractivity contribution in [1.29, 1.82) is 0 Å². The average molecular weight is 339 g/mol. The molecule has 0 radical (unpaired) electrons. The number of aromatic nitrogens is 2. The van der Waals surface area contributed by atoms with E-state index in [0.29, 0.717) is 23.9 Å². The summed E-state index contributed by atoms with van der Waals surface area (Å²) in [4.78, 5) is 38.3. The third-order valence-corrected chi connectivity index (χ3v) is 3.99. The number of rotatable bonds is 1. The van der Waals surface area contributed by atoms with Gasteiger partial charge in [0.2, 0.25) is 0 Å². The minimum Gasteiger partial charge on any atom is -0.467 e. The third kappa shape index (κ3) is 1.81. The maximum absolute atomic E-state index is 12.1. The largest absolute Gasteiger partial charge is 0.467 e. The lowest BCUT2D eigenvalue weighted by molar-refractivity contribution is -0.144. The van der Waals surface area contributed by atoms with E-state index in [1.165, 1.54) is 11.7 Å². The van der Waals surface area contributed by atoms with Gasteiger partial charge >= 0.3 is 17.1 Å². The van der Waals surface area contributed by atoms with Crippen LogP contribution < -0.4 is 11.1 Å². The van der Waals surface area contributed by atoms with Gasteiger partial charge in [-0.25, -0.2) is 4.79 Å². The van der Waals surface area contributed by atoms with Gasteiger partial charge in [0, 0.05) is 4.47 Å². The fraction of sp³-hybridized carbons (Fsp3) is 0.308. The van der Waals surface area contributed by atoms with Crippen LogP contribution in [0.25, 0.3) is 11.0 Å². The highest BCUT2D eigenvalue weighted by atomic mass is 79.9. The Bertz CT molecular complexity index is 837. The van der Waals surface area contributed by atoms with Gasteiger partial charge in [0.25, 0.3) is 0 Å². The molecule has 7 heteroatoms. The molecule has 1 N–H and O–H groups in total. The molecule has 0 bridgehead atoms. The molecule has 1 atom stereocenters. The molecular formula is C13H11BrN2O4. The molecule has 2 aromatic rings. The van der Waals surface area contributed by atoms with E-state index in [1.807, 2.05) is 6.07 Å². The Kier molecular flexibility index (Phi) is 3.01. The number of H-pyrrole nitrogens is 1. The normalized spacial score (nSPS) is 17.2. The Hall–Kier alpha value is -1.89. The number of aromatic amines is 1. The van der Waals surface area contributed by atoms with Gasteiger partial charge in [-0.15, -0.1) is 0 Å². The molecule has 2 heterocycles. The number of carbonyl (C=O) groups is 1. The van der Waals surface area contributed by atoms with Gasteiger partial charge in [-0.3, -0.25) is 14.2 Å². The van der Waals surface area contributed by atoms with Crippen LogP contribution in [0, 0.1) is 0 Å². The van der Waals surface area contributed by atoms with Crippen molar-refractivity contribution in [3.63, 3.8) is 0 Å². The van der Waals surface area contributed by atoms with Gasteiger partial charge in [0.05, 0.1) is 18.1 Å². The summed E-state index contributed by atoms with van der Waals surface area (Å²) in [6, 6.07) is 2.87. The second-order valence-corrected chi connectivity index (χ2v) is 5.58. The van der Waals surface area contributed by atoms with Crippen molar-refractivity contribution in [3.05, 3.63) is 42.9 Å². The molecule has 1 aliphatic heterocycles. The van der Waals surface area contributed by atoms with Crippen molar-refractivity contribution >= 4 is 32.9 Å². The van der Waals surface area contributed by atoms with Crippen LogP contribution >= 0.6 is 15.9 Å². The lowest BCUT2D eigenvalue weighted by Gasteiger charge is -2.25. The molecule has 104 valence electrons. The molecule has 0 aliphatic carbocycles. The summed E-state index contributed by atoms with van der Waals surface area (Å²) in [5, 5.41) is 0. The Labute approximate surface area is 121 Å². The van der Waals surface area contributed by atoms with Gasteiger partial charge < -0.3 is 9.72 Å². The number of aryl methyl sites for hydroxylation is 1. The van der Waals surface area contributed by atoms with Crippen molar-refractivity contribution in [2.75, 3.05) is 7.11 Å². The highest BCUT2D eigenvalue weighted by molar-refractivity contribution is 9.10. The quantitative estimate of drug-likeness (QED) is 0.623. The van der Waals surface area contributed by atoms with Gasteiger partial charge in [-0.2, -0.15) is 0 Å². The Morgan fingerprint density at radius 2 is 2.20 bits per heavy atom. The molecule has 0 amide bonds. The predicted octanol–water partition coefficient (Wildman–Crippen LogP) is 1.11. The fourth-order valence-electron chi connectivity index (χ4n) is 2.69. The van der Waals surface area contributed by atoms with E-state index >= 15 is 0 Å². The van der Waals surface area contributed by atoms with Gasteiger partial charge in [-0.1, -0.05) is 15.9 Å². The standard InChI is InChI=1S/C13H11BrN2O4/c1-20-13(19)9-3-2-6-4-7(14)5-8-10(6)16(9)12(18)11(17)15-8/h4-5,9H,2-3H2,1H3,(H,15,17). The maximum Gasteiger partial charge on any atom is 0.328 e. The first kappa shape index (κ1) is 13.1. The first-order valence-corrected chi connectivity index (χ1v) is 6.87. The second-order valence-electron chi connectivity index (χ2n) is 4.67. The first-order chi connectivity index (χ1) is 9.52. The maximum atomic E-state index is 12.1. The fourth-order valence-corrected chi connectivity index (χ4v) is 3.20. The predicted molar refractivity (Wildman–Crippen MR) is 75.9 cm³/mol. The lowest BCUT2D eigenvalue weighted by atomic mass is 9.98. The summed E-state index contributed by atoms with van der Waals surface area (Å²) in [5.74, 6) is -0.507. The number of carbonyl (C=O) groups excluding carboxylic acids is 1. The lowest BCUT2D eigenvalue weighted by Crippen LogP contribution is -2.42. The van der Waals surface area contributed by atoms with Crippen LogP contribution in [0.5, 0.6) is 0 Å². The number of hydrogen-bond acceptors (Lipinski definition) is 4. The topological polar surface area (TPSA) is 81.2 Å². The van der Waals surface area contributed by atoms with E-state index in [1.54, 1.807) is 6.07 Å². The van der Waals surface area contributed by atoms with E-state index in [4.69, 9.17) is 4.74 Å². The molecule has 0 fully saturated rings. The van der Waals surface area contributed by atoms with Crippen molar-refractivity contribution < 1.29 is 9.53 Å². The first-order valence-electron chi connectivity index (χ1n) is 6.07. The summed E-state index contributed by atoms with van der Waals surface area (Å²) < 4.78 is 6.81. The zero-order valence-corrected chi connectivity index (χ0v) is 12.2. The molecule has 1 unspecified atom stereocenters. The van der Waals surface area contributed by atoms with E-state index in [-0.39, 0.29) is 0 Å². The van der Waals surface area contributed by atoms with Crippen LogP contribution in [0.1, 0.15) is 18.0 Å². The third-order valence-electron chi connectivity index (χ3n) is 3.53. The number of hydrogen-bond donors (Lipinski definition) is 1. The second kappa shape index (κ2) is 4.59. The summed E-state index contributed by atoms with van der Waals surface area (Å²) in [5.41, 5.74) is 0.587. The SMILES string of the molecule is COC(=O)C1CCc2cc(Br)cc3[nH]c(=O)c(=O)n1c23. The zero-order chi connectivity index (χ0) is 14.4. The van der Waals surface area contributed by atoms with Crippen LogP contribution in [0.2, 0.25) is 0 Å². The van der Waals surface area contributed by atoms with Gasteiger partial charge in [0.1, 0.15) is 6.04 Å². The van der Waals surface area contributed by atoms with Crippen LogP contribution in [-0.2, 0) is 16.0 Å². The molecule has 0 saturated heterocycles. The summed E-state index contributed by atoms with van der Waals surface area (Å²) in [6.07, 6.45) is 1.08. The minimum atomic E-state index is -0.744. The molecule has 0 saturated carbocycles. The molecule has 1 aromatic carbocycles. The molecule has 1 aliphatic rings. The highest BCUT2D eigenvalue weighted by Gasteiger charge is 2.30. The number of ether oxygens (including phenoxy) is 1. The van der Waals surface area contributed by atoms with Crippen molar-refractivity contribution in [3.8, 4) is 0 Å². The number of benzene rings is 1. The Balaban J connectivity index is 2.46. The van der Waals surface area contributed by atoms with Crippen molar-refractivity contribution in [1.82, 2.24) is 9.55 Å². The Morgan fingerprint density at radius 1 is 1.45 bits per heavy atom. The van der Waals surface area contributed by atoms with Gasteiger partial charge in [-0.05, 0) is 30.5 Å². The zero-order valence-electron chi connectivity index (χ0n) is 10.6. The van der Waals surface area contributed by atoms with Crippen LogP contribution in [0.3, 0.4) is 0 Å². The molecule has 1 aromatic heterocycles. The Morgan fingerprint density at radius 3 is 2.90 bits per heavy atom. The number of methoxy groups -OCH3 is 1. The van der Waals surface area contributed by atoms with Crippen LogP contribution in [0.4, 0.5) is 0 Å². The summed E-state index contributed by atoms with van der Waals surface area (Å²) in [7, 11) is 1.27. The van der Waals surface area contributed by atoms with Crippen LogP contribution in [-0.4, -0.2) is 22.6 Å². The number of nitrogens with zero attached hydrogens (tertiary/aromatic N) is 1. The van der Waals surface area contributed by atoms with E-state index in [2.05, 4.69) is 20.9 Å². The number of nitrogens with one attached hydrogen (secondary N) is 1. The molecule has 6 nitrogen and oxygen atoms in total.